The van der Waals surface area contributed by atoms with Crippen LogP contribution in [0.25, 0.3) is 0 Å². The summed E-state index contributed by atoms with van der Waals surface area (Å²) in [5.74, 6) is -0.889. The molecule has 6 heteroatoms. The Morgan fingerprint density at radius 1 is 1.53 bits per heavy atom. The van der Waals surface area contributed by atoms with Gasteiger partial charge >= 0.3 is 5.97 Å². The number of aliphatic carboxylic acids is 1. The first-order valence-corrected chi connectivity index (χ1v) is 9.57. The second-order valence-electron chi connectivity index (χ2n) is 6.73. The van der Waals surface area contributed by atoms with E-state index in [2.05, 4.69) is 33.9 Å². The Morgan fingerprint density at radius 3 is 2.42 bits per heavy atom. The molecule has 1 aliphatic rings. The van der Waals surface area contributed by atoms with Crippen LogP contribution in [0.2, 0.25) is 18.1 Å². The second-order valence-corrected chi connectivity index (χ2v) is 11.5. The summed E-state index contributed by atoms with van der Waals surface area (Å²) in [4.78, 5) is 24.0. The predicted octanol–water partition coefficient (Wildman–Crippen LogP) is 2.43. The average Bonchev–Trinajstić information content (AvgIpc) is 2.12. The molecule has 5 nitrogen and oxygen atoms in total. The fourth-order valence-electron chi connectivity index (χ4n) is 2.03. The SMILES string of the molecule is C[C@H](O[Si](C)(C)C(C)(C)C)N1C(=O)CC1CC(=O)O. The standard InChI is InChI=1S/C13H25NO4Si/c1-9(18-19(5,6)13(2,3)4)14-10(7-11(14)15)8-12(16)17/h9-10H,7-8H2,1-6H3,(H,16,17)/t9-,10?/m0/s1. The van der Waals surface area contributed by atoms with E-state index in [-0.39, 0.29) is 29.6 Å². The molecule has 1 fully saturated rings. The van der Waals surface area contributed by atoms with Crippen LogP contribution >= 0.6 is 0 Å². The molecule has 0 aromatic heterocycles. The average molecular weight is 287 g/mol. The summed E-state index contributed by atoms with van der Waals surface area (Å²) in [5.41, 5.74) is 0. The molecule has 0 aliphatic carbocycles. The molecule has 19 heavy (non-hydrogen) atoms. The van der Waals surface area contributed by atoms with Gasteiger partial charge in [0.15, 0.2) is 8.32 Å². The number of carboxylic acid groups (broad SMARTS) is 1. The van der Waals surface area contributed by atoms with Gasteiger partial charge in [-0.1, -0.05) is 20.8 Å². The van der Waals surface area contributed by atoms with Crippen LogP contribution in [0.5, 0.6) is 0 Å². The molecule has 1 amide bonds. The highest BCUT2D eigenvalue weighted by Crippen LogP contribution is 2.38. The van der Waals surface area contributed by atoms with Crippen LogP contribution in [0.15, 0.2) is 0 Å². The van der Waals surface area contributed by atoms with Gasteiger partial charge in [0.1, 0.15) is 6.23 Å². The summed E-state index contributed by atoms with van der Waals surface area (Å²) < 4.78 is 6.14. The first kappa shape index (κ1) is 16.2. The van der Waals surface area contributed by atoms with Crippen LogP contribution in [0.3, 0.4) is 0 Å². The van der Waals surface area contributed by atoms with Gasteiger partial charge in [0.25, 0.3) is 0 Å². The van der Waals surface area contributed by atoms with Gasteiger partial charge in [-0.15, -0.1) is 0 Å². The summed E-state index contributed by atoms with van der Waals surface area (Å²) >= 11 is 0. The summed E-state index contributed by atoms with van der Waals surface area (Å²) in [6.45, 7) is 12.5. The number of nitrogens with zero attached hydrogens (tertiary/aromatic N) is 1. The van der Waals surface area contributed by atoms with Crippen LogP contribution in [-0.4, -0.2) is 42.5 Å². The number of rotatable bonds is 5. The molecule has 1 aliphatic heterocycles. The zero-order chi connectivity index (χ0) is 15.0. The Bertz CT molecular complexity index is 375. The van der Waals surface area contributed by atoms with Crippen LogP contribution in [0.1, 0.15) is 40.5 Å². The maximum Gasteiger partial charge on any atom is 0.305 e. The fraction of sp³-hybridized carbons (Fsp3) is 0.846. The van der Waals surface area contributed by atoms with E-state index in [1.807, 2.05) is 6.92 Å². The lowest BCUT2D eigenvalue weighted by atomic mass is 9.98. The van der Waals surface area contributed by atoms with E-state index in [4.69, 9.17) is 9.53 Å². The number of likely N-dealkylation sites (tertiary alicyclic amines) is 1. The molecule has 0 aromatic rings. The fourth-order valence-corrected chi connectivity index (χ4v) is 3.35. The minimum absolute atomic E-state index is 0.00303. The summed E-state index contributed by atoms with van der Waals surface area (Å²) in [6, 6.07) is -0.218. The van der Waals surface area contributed by atoms with Crippen molar-refractivity contribution in [3.63, 3.8) is 0 Å². The molecular weight excluding hydrogens is 262 g/mol. The Hall–Kier alpha value is -0.883. The maximum absolute atomic E-state index is 11.7. The number of carbonyl (C=O) groups excluding carboxylic acids is 1. The number of hydrogen-bond donors (Lipinski definition) is 1. The molecule has 0 saturated carbocycles. The first-order valence-electron chi connectivity index (χ1n) is 6.66. The minimum Gasteiger partial charge on any atom is -0.481 e. The highest BCUT2D eigenvalue weighted by Gasteiger charge is 2.45. The number of carbonyl (C=O) groups is 2. The van der Waals surface area contributed by atoms with Crippen molar-refractivity contribution < 1.29 is 19.1 Å². The second kappa shape index (κ2) is 5.24. The monoisotopic (exact) mass is 287 g/mol. The van der Waals surface area contributed by atoms with E-state index in [1.54, 1.807) is 4.90 Å². The van der Waals surface area contributed by atoms with Crippen LogP contribution in [-0.2, 0) is 14.0 Å². The van der Waals surface area contributed by atoms with E-state index in [1.165, 1.54) is 0 Å². The molecule has 0 aromatic carbocycles. The molecule has 110 valence electrons. The topological polar surface area (TPSA) is 66.8 Å². The van der Waals surface area contributed by atoms with Gasteiger partial charge in [0, 0.05) is 6.42 Å². The van der Waals surface area contributed by atoms with Crippen molar-refractivity contribution in [2.45, 2.75) is 70.9 Å². The van der Waals surface area contributed by atoms with Crippen LogP contribution < -0.4 is 0 Å². The van der Waals surface area contributed by atoms with Gasteiger partial charge in [-0.05, 0) is 25.1 Å². The summed E-state index contributed by atoms with van der Waals surface area (Å²) in [6.07, 6.45) is -0.0273. The van der Waals surface area contributed by atoms with Gasteiger partial charge in [-0.3, -0.25) is 9.59 Å². The molecule has 0 spiro atoms. The Balaban J connectivity index is 2.69. The van der Waals surface area contributed by atoms with Gasteiger partial charge < -0.3 is 14.4 Å². The zero-order valence-corrected chi connectivity index (χ0v) is 13.7. The molecular formula is C13H25NO4Si. The largest absolute Gasteiger partial charge is 0.481 e. The van der Waals surface area contributed by atoms with Crippen molar-refractivity contribution in [2.75, 3.05) is 0 Å². The maximum atomic E-state index is 11.7. The smallest absolute Gasteiger partial charge is 0.305 e. The quantitative estimate of drug-likeness (QED) is 0.623. The highest BCUT2D eigenvalue weighted by molar-refractivity contribution is 6.74. The van der Waals surface area contributed by atoms with E-state index < -0.39 is 14.3 Å². The number of hydrogen-bond acceptors (Lipinski definition) is 3. The van der Waals surface area contributed by atoms with Crippen molar-refractivity contribution in [1.82, 2.24) is 4.90 Å². The van der Waals surface area contributed by atoms with E-state index >= 15 is 0 Å². The number of amides is 1. The minimum atomic E-state index is -1.95. The molecule has 1 N–H and O–H groups in total. The van der Waals surface area contributed by atoms with Crippen LogP contribution in [0.4, 0.5) is 0 Å². The van der Waals surface area contributed by atoms with Crippen molar-refractivity contribution in [1.29, 1.82) is 0 Å². The predicted molar refractivity (Wildman–Crippen MR) is 75.2 cm³/mol. The van der Waals surface area contributed by atoms with Crippen LogP contribution in [0, 0.1) is 0 Å². The van der Waals surface area contributed by atoms with E-state index in [9.17, 15) is 9.59 Å². The number of carboxylic acids is 1. The lowest BCUT2D eigenvalue weighted by Gasteiger charge is -2.47. The third kappa shape index (κ3) is 3.57. The molecule has 0 bridgehead atoms. The third-order valence-corrected chi connectivity index (χ3v) is 8.71. The molecule has 1 rings (SSSR count). The Labute approximate surface area is 116 Å². The van der Waals surface area contributed by atoms with Gasteiger partial charge in [0.2, 0.25) is 5.91 Å². The zero-order valence-electron chi connectivity index (χ0n) is 12.7. The molecule has 0 radical (unpaired) electrons. The summed E-state index contributed by atoms with van der Waals surface area (Å²) in [7, 11) is -1.95. The van der Waals surface area contributed by atoms with Crippen molar-refractivity contribution in [2.24, 2.45) is 0 Å². The van der Waals surface area contributed by atoms with Crippen molar-refractivity contribution in [3.8, 4) is 0 Å². The lowest BCUT2D eigenvalue weighted by molar-refractivity contribution is -0.162. The third-order valence-electron chi connectivity index (χ3n) is 4.16. The van der Waals surface area contributed by atoms with Gasteiger partial charge in [0.05, 0.1) is 12.5 Å². The Kier molecular flexibility index (Phi) is 4.46. The van der Waals surface area contributed by atoms with Gasteiger partial charge in [-0.25, -0.2) is 0 Å². The molecule has 2 atom stereocenters. The number of β-lactam (4-membered cyclic amide) rings is 1. The summed E-state index contributed by atoms with van der Waals surface area (Å²) in [5, 5.41) is 8.89. The molecule has 1 unspecified atom stereocenters. The van der Waals surface area contributed by atoms with E-state index in [0.717, 1.165) is 0 Å². The Morgan fingerprint density at radius 2 is 2.05 bits per heavy atom. The first-order chi connectivity index (χ1) is 8.45. The van der Waals surface area contributed by atoms with Gasteiger partial charge in [-0.2, -0.15) is 0 Å². The van der Waals surface area contributed by atoms with E-state index in [0.29, 0.717) is 6.42 Å². The normalized spacial score (nSPS) is 22.1. The lowest BCUT2D eigenvalue weighted by Crippen LogP contribution is -2.60. The van der Waals surface area contributed by atoms with Crippen molar-refractivity contribution >= 4 is 20.2 Å². The highest BCUT2D eigenvalue weighted by atomic mass is 28.4. The molecule has 1 heterocycles. The molecule has 1 saturated heterocycles. The van der Waals surface area contributed by atoms with Crippen molar-refractivity contribution in [3.05, 3.63) is 0 Å².